The van der Waals surface area contributed by atoms with Gasteiger partial charge in [0.1, 0.15) is 11.6 Å². The van der Waals surface area contributed by atoms with Gasteiger partial charge < -0.3 is 20.4 Å². The summed E-state index contributed by atoms with van der Waals surface area (Å²) in [6, 6.07) is 2.62. The minimum Gasteiger partial charge on any atom is -0.466 e. The fourth-order valence-corrected chi connectivity index (χ4v) is 1.40. The molecular formula is C9H9FN2O3. The Labute approximate surface area is 84.9 Å². The summed E-state index contributed by atoms with van der Waals surface area (Å²) in [4.78, 5) is 0. The molecule has 0 radical (unpaired) electrons. The van der Waals surface area contributed by atoms with E-state index in [2.05, 4.69) is 5.16 Å². The van der Waals surface area contributed by atoms with Crippen molar-refractivity contribution in [3.05, 3.63) is 29.1 Å². The topological polar surface area (TPSA) is 77.1 Å². The average molecular weight is 212 g/mol. The molecule has 0 saturated heterocycles. The van der Waals surface area contributed by atoms with Crippen molar-refractivity contribution in [3.63, 3.8) is 0 Å². The predicted octanol–water partition coefficient (Wildman–Crippen LogP) is 0.787. The van der Waals surface area contributed by atoms with Gasteiger partial charge in [-0.15, -0.1) is 0 Å². The zero-order chi connectivity index (χ0) is 10.8. The molecule has 0 bridgehead atoms. The van der Waals surface area contributed by atoms with Crippen LogP contribution in [0.15, 0.2) is 17.3 Å². The van der Waals surface area contributed by atoms with Gasteiger partial charge in [0, 0.05) is 0 Å². The molecule has 0 saturated carbocycles. The summed E-state index contributed by atoms with van der Waals surface area (Å²) in [6.45, 7) is 0.149. The number of nitrogens with zero attached hydrogens (tertiary/aromatic N) is 1. The van der Waals surface area contributed by atoms with Gasteiger partial charge in [0.05, 0.1) is 17.7 Å². The number of halogens is 1. The van der Waals surface area contributed by atoms with Crippen LogP contribution in [0.1, 0.15) is 11.1 Å². The van der Waals surface area contributed by atoms with E-state index in [-0.39, 0.29) is 30.5 Å². The van der Waals surface area contributed by atoms with Gasteiger partial charge in [-0.25, -0.2) is 4.39 Å². The van der Waals surface area contributed by atoms with Gasteiger partial charge in [-0.2, -0.15) is 0 Å². The normalized spacial score (nSPS) is 15.7. The van der Waals surface area contributed by atoms with Gasteiger partial charge in [-0.05, 0) is 12.1 Å². The van der Waals surface area contributed by atoms with E-state index in [0.29, 0.717) is 5.56 Å². The lowest BCUT2D eigenvalue weighted by atomic mass is 10.1. The van der Waals surface area contributed by atoms with Crippen molar-refractivity contribution < 1.29 is 19.1 Å². The maximum atomic E-state index is 13.3. The highest BCUT2D eigenvalue weighted by Crippen LogP contribution is 2.30. The third kappa shape index (κ3) is 1.59. The number of amidine groups is 1. The number of ether oxygens (including phenoxy) is 2. The molecule has 1 aliphatic heterocycles. The smallest absolute Gasteiger partial charge is 0.189 e. The molecule has 0 atom stereocenters. The lowest BCUT2D eigenvalue weighted by Gasteiger charge is -2.20. The number of nitrogens with two attached hydrogens (primary N) is 1. The summed E-state index contributed by atoms with van der Waals surface area (Å²) in [6.07, 6.45) is 0. The molecule has 0 amide bonds. The SMILES string of the molecule is N/C(=N/O)c1ccc(F)c2c1OCOC2. The molecule has 15 heavy (non-hydrogen) atoms. The van der Waals surface area contributed by atoms with Gasteiger partial charge >= 0.3 is 0 Å². The minimum atomic E-state index is -0.431. The van der Waals surface area contributed by atoms with E-state index in [1.165, 1.54) is 12.1 Å². The Morgan fingerprint density at radius 1 is 1.53 bits per heavy atom. The molecule has 0 aliphatic carbocycles. The third-order valence-electron chi connectivity index (χ3n) is 2.12. The molecule has 1 aliphatic rings. The Morgan fingerprint density at radius 3 is 3.07 bits per heavy atom. The second-order valence-corrected chi connectivity index (χ2v) is 3.00. The van der Waals surface area contributed by atoms with Gasteiger partial charge in [0.15, 0.2) is 12.6 Å². The number of fused-ring (bicyclic) bond motifs is 1. The fraction of sp³-hybridized carbons (Fsp3) is 0.222. The van der Waals surface area contributed by atoms with Crippen molar-refractivity contribution in [1.29, 1.82) is 0 Å². The molecule has 5 nitrogen and oxygen atoms in total. The Balaban J connectivity index is 2.58. The number of benzene rings is 1. The quantitative estimate of drug-likeness (QED) is 0.312. The van der Waals surface area contributed by atoms with Crippen LogP contribution in [0.2, 0.25) is 0 Å². The van der Waals surface area contributed by atoms with Crippen LogP contribution in [-0.2, 0) is 11.3 Å². The van der Waals surface area contributed by atoms with Crippen molar-refractivity contribution in [2.45, 2.75) is 6.61 Å². The Kier molecular flexibility index (Phi) is 2.42. The van der Waals surface area contributed by atoms with E-state index >= 15 is 0 Å². The van der Waals surface area contributed by atoms with Crippen LogP contribution >= 0.6 is 0 Å². The first-order valence-electron chi connectivity index (χ1n) is 4.24. The summed E-state index contributed by atoms with van der Waals surface area (Å²) in [5, 5.41) is 11.4. The Morgan fingerprint density at radius 2 is 2.33 bits per heavy atom. The number of oxime groups is 1. The molecular weight excluding hydrogens is 203 g/mol. The van der Waals surface area contributed by atoms with Crippen molar-refractivity contribution in [3.8, 4) is 5.75 Å². The molecule has 0 spiro atoms. The number of hydrogen-bond donors (Lipinski definition) is 2. The first kappa shape index (κ1) is 9.72. The number of hydrogen-bond acceptors (Lipinski definition) is 4. The van der Waals surface area contributed by atoms with Crippen LogP contribution < -0.4 is 10.5 Å². The van der Waals surface area contributed by atoms with Crippen molar-refractivity contribution >= 4 is 5.84 Å². The largest absolute Gasteiger partial charge is 0.466 e. The summed E-state index contributed by atoms with van der Waals surface area (Å²) >= 11 is 0. The molecule has 1 aromatic rings. The van der Waals surface area contributed by atoms with E-state index in [9.17, 15) is 4.39 Å². The molecule has 1 heterocycles. The molecule has 0 fully saturated rings. The maximum Gasteiger partial charge on any atom is 0.189 e. The van der Waals surface area contributed by atoms with Gasteiger partial charge in [0.25, 0.3) is 0 Å². The lowest BCUT2D eigenvalue weighted by molar-refractivity contribution is -0.0183. The third-order valence-corrected chi connectivity index (χ3v) is 2.12. The Hall–Kier alpha value is -1.82. The van der Waals surface area contributed by atoms with E-state index in [1.807, 2.05) is 0 Å². The standard InChI is InChI=1S/C9H9FN2O3/c10-7-2-1-5(9(11)12-13)8-6(7)3-14-4-15-8/h1-2,13H,3-4H2,(H2,11,12). The molecule has 6 heteroatoms. The molecule has 3 N–H and O–H groups in total. The second-order valence-electron chi connectivity index (χ2n) is 3.00. The maximum absolute atomic E-state index is 13.3. The van der Waals surface area contributed by atoms with Crippen LogP contribution in [0.5, 0.6) is 5.75 Å². The highest BCUT2D eigenvalue weighted by molar-refractivity contribution is 6.00. The second kappa shape index (κ2) is 3.74. The fourth-order valence-electron chi connectivity index (χ4n) is 1.40. The molecule has 0 aromatic heterocycles. The highest BCUT2D eigenvalue weighted by Gasteiger charge is 2.20. The molecule has 0 unspecified atom stereocenters. The summed E-state index contributed by atoms with van der Waals surface area (Å²) in [7, 11) is 0. The lowest BCUT2D eigenvalue weighted by Crippen LogP contribution is -2.20. The summed E-state index contributed by atoms with van der Waals surface area (Å²) in [5.41, 5.74) is 6.07. The van der Waals surface area contributed by atoms with Crippen LogP contribution in [0.25, 0.3) is 0 Å². The van der Waals surface area contributed by atoms with Crippen LogP contribution in [0, 0.1) is 5.82 Å². The minimum absolute atomic E-state index is 0.0299. The van der Waals surface area contributed by atoms with Crippen molar-refractivity contribution in [2.75, 3.05) is 6.79 Å². The van der Waals surface area contributed by atoms with E-state index in [0.717, 1.165) is 0 Å². The van der Waals surface area contributed by atoms with Crippen LogP contribution in [-0.4, -0.2) is 17.8 Å². The van der Waals surface area contributed by atoms with Gasteiger partial charge in [-0.3, -0.25) is 0 Å². The zero-order valence-corrected chi connectivity index (χ0v) is 7.74. The Bertz CT molecular complexity index is 420. The first-order chi connectivity index (χ1) is 7.24. The zero-order valence-electron chi connectivity index (χ0n) is 7.74. The van der Waals surface area contributed by atoms with E-state index in [4.69, 9.17) is 20.4 Å². The molecule has 2 rings (SSSR count). The van der Waals surface area contributed by atoms with E-state index in [1.54, 1.807) is 0 Å². The van der Waals surface area contributed by atoms with Crippen molar-refractivity contribution in [1.82, 2.24) is 0 Å². The van der Waals surface area contributed by atoms with Crippen LogP contribution in [0.3, 0.4) is 0 Å². The van der Waals surface area contributed by atoms with E-state index < -0.39 is 5.82 Å². The summed E-state index contributed by atoms with van der Waals surface area (Å²) in [5.74, 6) is -0.274. The monoisotopic (exact) mass is 212 g/mol. The van der Waals surface area contributed by atoms with Gasteiger partial charge in [-0.1, -0.05) is 5.16 Å². The number of rotatable bonds is 1. The van der Waals surface area contributed by atoms with Crippen LogP contribution in [0.4, 0.5) is 4.39 Å². The average Bonchev–Trinajstić information content (AvgIpc) is 2.29. The molecule has 1 aromatic carbocycles. The van der Waals surface area contributed by atoms with Gasteiger partial charge in [0.2, 0.25) is 0 Å². The molecule has 80 valence electrons. The predicted molar refractivity (Wildman–Crippen MR) is 49.2 cm³/mol. The first-order valence-corrected chi connectivity index (χ1v) is 4.24. The van der Waals surface area contributed by atoms with Crippen molar-refractivity contribution in [2.24, 2.45) is 10.9 Å². The highest BCUT2D eigenvalue weighted by atomic mass is 19.1. The summed E-state index contributed by atoms with van der Waals surface area (Å²) < 4.78 is 23.4.